The summed E-state index contributed by atoms with van der Waals surface area (Å²) in [6.45, 7) is 8.26. The molecule has 2 N–H and O–H groups in total. The minimum Gasteiger partial charge on any atom is -0.355 e. The van der Waals surface area contributed by atoms with Crippen molar-refractivity contribution >= 4 is 43.7 Å². The van der Waals surface area contributed by atoms with E-state index in [0.717, 1.165) is 0 Å². The predicted octanol–water partition coefficient (Wildman–Crippen LogP) is 1.96. The SMILES string of the molecule is CC(C)(Br)C(=O)NCCCNC(=O)C(C)(C)Br. The highest BCUT2D eigenvalue weighted by Crippen LogP contribution is 2.15. The number of carbonyl (C=O) groups is 2. The number of halogens is 2. The van der Waals surface area contributed by atoms with E-state index in [9.17, 15) is 9.59 Å². The van der Waals surface area contributed by atoms with Gasteiger partial charge in [0.2, 0.25) is 11.8 Å². The van der Waals surface area contributed by atoms with E-state index < -0.39 is 8.65 Å². The Morgan fingerprint density at radius 1 is 0.882 bits per heavy atom. The van der Waals surface area contributed by atoms with E-state index in [-0.39, 0.29) is 11.8 Å². The third kappa shape index (κ3) is 7.76. The summed E-state index contributed by atoms with van der Waals surface area (Å²) in [6, 6.07) is 0. The first-order chi connectivity index (χ1) is 7.55. The molecule has 0 spiro atoms. The molecule has 0 bridgehead atoms. The molecular formula is C11H20Br2N2O2. The van der Waals surface area contributed by atoms with Crippen molar-refractivity contribution in [3.8, 4) is 0 Å². The molecule has 0 aromatic rings. The lowest BCUT2D eigenvalue weighted by Gasteiger charge is -2.17. The van der Waals surface area contributed by atoms with E-state index >= 15 is 0 Å². The summed E-state index contributed by atoms with van der Waals surface area (Å²) < 4.78 is -1.10. The number of nitrogens with one attached hydrogen (secondary N) is 2. The highest BCUT2D eigenvalue weighted by atomic mass is 79.9. The maximum absolute atomic E-state index is 11.5. The number of alkyl halides is 2. The smallest absolute Gasteiger partial charge is 0.236 e. The molecule has 100 valence electrons. The molecule has 0 aliphatic heterocycles. The third-order valence-electron chi connectivity index (χ3n) is 2.00. The fraction of sp³-hybridized carbons (Fsp3) is 0.818. The highest BCUT2D eigenvalue weighted by Gasteiger charge is 2.23. The van der Waals surface area contributed by atoms with E-state index in [1.165, 1.54) is 0 Å². The van der Waals surface area contributed by atoms with Crippen molar-refractivity contribution in [2.24, 2.45) is 0 Å². The standard InChI is InChI=1S/C11H20Br2N2O2/c1-10(2,12)8(16)14-6-5-7-15-9(17)11(3,4)13/h5-7H2,1-4H3,(H,14,16)(H,15,17). The second-order valence-corrected chi connectivity index (χ2v) is 8.78. The molecule has 0 saturated carbocycles. The molecule has 17 heavy (non-hydrogen) atoms. The van der Waals surface area contributed by atoms with Gasteiger partial charge in [-0.25, -0.2) is 0 Å². The van der Waals surface area contributed by atoms with Crippen molar-refractivity contribution in [1.29, 1.82) is 0 Å². The molecule has 0 atom stereocenters. The van der Waals surface area contributed by atoms with Crippen LogP contribution in [0.1, 0.15) is 34.1 Å². The van der Waals surface area contributed by atoms with Crippen molar-refractivity contribution in [1.82, 2.24) is 10.6 Å². The van der Waals surface area contributed by atoms with E-state index in [2.05, 4.69) is 42.5 Å². The molecule has 0 aromatic heterocycles. The van der Waals surface area contributed by atoms with Crippen LogP contribution in [-0.2, 0) is 9.59 Å². The summed E-state index contributed by atoms with van der Waals surface area (Å²) in [7, 11) is 0. The van der Waals surface area contributed by atoms with E-state index in [0.29, 0.717) is 19.5 Å². The molecule has 0 radical (unpaired) electrons. The zero-order valence-electron chi connectivity index (χ0n) is 10.7. The van der Waals surface area contributed by atoms with Crippen LogP contribution in [-0.4, -0.2) is 33.6 Å². The van der Waals surface area contributed by atoms with E-state index in [4.69, 9.17) is 0 Å². The van der Waals surface area contributed by atoms with Crippen LogP contribution in [0.2, 0.25) is 0 Å². The molecule has 2 amide bonds. The number of hydrogen-bond donors (Lipinski definition) is 2. The van der Waals surface area contributed by atoms with Crippen molar-refractivity contribution in [3.63, 3.8) is 0 Å². The fourth-order valence-electron chi connectivity index (χ4n) is 0.913. The van der Waals surface area contributed by atoms with Gasteiger partial charge in [0, 0.05) is 13.1 Å². The Hall–Kier alpha value is -0.100. The monoisotopic (exact) mass is 370 g/mol. The second kappa shape index (κ2) is 6.73. The van der Waals surface area contributed by atoms with Crippen LogP contribution in [0, 0.1) is 0 Å². The van der Waals surface area contributed by atoms with Gasteiger partial charge in [0.25, 0.3) is 0 Å². The predicted molar refractivity (Wildman–Crippen MR) is 76.6 cm³/mol. The van der Waals surface area contributed by atoms with Crippen molar-refractivity contribution < 1.29 is 9.59 Å². The lowest BCUT2D eigenvalue weighted by molar-refractivity contribution is -0.122. The average molecular weight is 372 g/mol. The number of carbonyl (C=O) groups excluding carboxylic acids is 2. The minimum absolute atomic E-state index is 0.0513. The molecule has 4 nitrogen and oxygen atoms in total. The summed E-state index contributed by atoms with van der Waals surface area (Å²) in [4.78, 5) is 22.9. The van der Waals surface area contributed by atoms with Gasteiger partial charge in [0.05, 0.1) is 8.65 Å². The summed E-state index contributed by atoms with van der Waals surface area (Å²) in [6.07, 6.45) is 0.712. The van der Waals surface area contributed by atoms with Gasteiger partial charge in [-0.05, 0) is 34.1 Å². The largest absolute Gasteiger partial charge is 0.355 e. The Bertz CT molecular complexity index is 252. The molecule has 0 rings (SSSR count). The average Bonchev–Trinajstić information content (AvgIpc) is 2.13. The third-order valence-corrected chi connectivity index (χ3v) is 2.72. The normalized spacial score (nSPS) is 12.1. The van der Waals surface area contributed by atoms with Crippen LogP contribution in [0.25, 0.3) is 0 Å². The van der Waals surface area contributed by atoms with E-state index in [1.54, 1.807) is 27.7 Å². The zero-order valence-corrected chi connectivity index (χ0v) is 13.9. The lowest BCUT2D eigenvalue weighted by atomic mass is 10.2. The minimum atomic E-state index is -0.548. The fourth-order valence-corrected chi connectivity index (χ4v) is 1.19. The molecule has 0 fully saturated rings. The number of rotatable bonds is 6. The molecule has 0 heterocycles. The molecular weight excluding hydrogens is 352 g/mol. The van der Waals surface area contributed by atoms with Gasteiger partial charge in [-0.1, -0.05) is 31.9 Å². The first kappa shape index (κ1) is 16.9. The first-order valence-corrected chi connectivity index (χ1v) is 7.08. The molecule has 0 aliphatic rings. The summed E-state index contributed by atoms with van der Waals surface area (Å²) in [5.41, 5.74) is 0. The van der Waals surface area contributed by atoms with Crippen LogP contribution in [0.15, 0.2) is 0 Å². The quantitative estimate of drug-likeness (QED) is 0.553. The van der Waals surface area contributed by atoms with Gasteiger partial charge in [-0.15, -0.1) is 0 Å². The van der Waals surface area contributed by atoms with Crippen LogP contribution in [0.5, 0.6) is 0 Å². The molecule has 0 aromatic carbocycles. The van der Waals surface area contributed by atoms with Crippen LogP contribution >= 0.6 is 31.9 Å². The van der Waals surface area contributed by atoms with Crippen LogP contribution < -0.4 is 10.6 Å². The van der Waals surface area contributed by atoms with Crippen molar-refractivity contribution in [3.05, 3.63) is 0 Å². The summed E-state index contributed by atoms with van der Waals surface area (Å²) >= 11 is 6.55. The topological polar surface area (TPSA) is 58.2 Å². The Morgan fingerprint density at radius 2 is 1.18 bits per heavy atom. The summed E-state index contributed by atoms with van der Waals surface area (Å²) in [5, 5.41) is 5.57. The van der Waals surface area contributed by atoms with Gasteiger partial charge < -0.3 is 10.6 Å². The van der Waals surface area contributed by atoms with Crippen LogP contribution in [0.3, 0.4) is 0 Å². The molecule has 0 unspecified atom stereocenters. The molecule has 6 heteroatoms. The Morgan fingerprint density at radius 3 is 1.41 bits per heavy atom. The Balaban J connectivity index is 3.68. The first-order valence-electron chi connectivity index (χ1n) is 5.49. The van der Waals surface area contributed by atoms with Crippen LogP contribution in [0.4, 0.5) is 0 Å². The molecule has 0 aliphatic carbocycles. The Labute approximate surface area is 120 Å². The zero-order chi connectivity index (χ0) is 13.7. The van der Waals surface area contributed by atoms with Gasteiger partial charge >= 0.3 is 0 Å². The maximum Gasteiger partial charge on any atom is 0.236 e. The summed E-state index contributed by atoms with van der Waals surface area (Å²) in [5.74, 6) is -0.103. The lowest BCUT2D eigenvalue weighted by Crippen LogP contribution is -2.41. The second-order valence-electron chi connectivity index (χ2n) is 4.81. The van der Waals surface area contributed by atoms with Gasteiger partial charge in [0.15, 0.2) is 0 Å². The van der Waals surface area contributed by atoms with Gasteiger partial charge in [-0.2, -0.15) is 0 Å². The van der Waals surface area contributed by atoms with Gasteiger partial charge in [0.1, 0.15) is 0 Å². The number of amides is 2. The highest BCUT2D eigenvalue weighted by molar-refractivity contribution is 9.10. The van der Waals surface area contributed by atoms with Crippen molar-refractivity contribution in [2.75, 3.05) is 13.1 Å². The van der Waals surface area contributed by atoms with Gasteiger partial charge in [-0.3, -0.25) is 9.59 Å². The molecule has 0 saturated heterocycles. The van der Waals surface area contributed by atoms with E-state index in [1.807, 2.05) is 0 Å². The van der Waals surface area contributed by atoms with Crippen molar-refractivity contribution in [2.45, 2.75) is 42.8 Å². The number of hydrogen-bond acceptors (Lipinski definition) is 2. The maximum atomic E-state index is 11.5. The Kier molecular flexibility index (Phi) is 6.69.